The first kappa shape index (κ1) is 10.1. The normalized spacial score (nSPS) is 10.2. The molecule has 6 heteroatoms. The summed E-state index contributed by atoms with van der Waals surface area (Å²) in [6, 6.07) is 1.93. The fourth-order valence-corrected chi connectivity index (χ4v) is 2.62. The summed E-state index contributed by atoms with van der Waals surface area (Å²) in [5, 5.41) is 5.04. The van der Waals surface area contributed by atoms with Crippen molar-refractivity contribution in [3.8, 4) is 10.6 Å². The van der Waals surface area contributed by atoms with Crippen LogP contribution in [0.1, 0.15) is 10.5 Å². The molecular formula is C9H8N2O2S2. The second-order valence-electron chi connectivity index (χ2n) is 2.74. The number of aromatic nitrogens is 1. The molecule has 0 radical (unpaired) electrons. The fraction of sp³-hybridized carbons (Fsp3) is 0.111. The number of thiophene rings is 1. The van der Waals surface area contributed by atoms with Crippen molar-refractivity contribution in [2.75, 3.05) is 12.8 Å². The molecule has 0 aliphatic heterocycles. The minimum atomic E-state index is -0.495. The number of carbonyl (C=O) groups excluding carboxylic acids is 1. The highest BCUT2D eigenvalue weighted by atomic mass is 32.1. The summed E-state index contributed by atoms with van der Waals surface area (Å²) in [7, 11) is 1.31. The van der Waals surface area contributed by atoms with Crippen molar-refractivity contribution in [2.24, 2.45) is 0 Å². The average Bonchev–Trinajstić information content (AvgIpc) is 2.84. The molecule has 0 unspecified atom stereocenters. The highest BCUT2D eigenvalue weighted by molar-refractivity contribution is 7.19. The number of rotatable bonds is 2. The Labute approximate surface area is 94.3 Å². The van der Waals surface area contributed by atoms with Crippen LogP contribution in [0.2, 0.25) is 0 Å². The molecule has 0 atom stereocenters. The fourth-order valence-electron chi connectivity index (χ4n) is 1.08. The van der Waals surface area contributed by atoms with Gasteiger partial charge in [0.05, 0.1) is 7.11 Å². The summed E-state index contributed by atoms with van der Waals surface area (Å²) in [6.07, 6.45) is 0. The van der Waals surface area contributed by atoms with Crippen molar-refractivity contribution >= 4 is 33.6 Å². The number of carbonyl (C=O) groups is 1. The quantitative estimate of drug-likeness (QED) is 0.817. The van der Waals surface area contributed by atoms with Gasteiger partial charge in [-0.2, -0.15) is 11.3 Å². The zero-order chi connectivity index (χ0) is 10.8. The monoisotopic (exact) mass is 240 g/mol. The van der Waals surface area contributed by atoms with Crippen LogP contribution in [0.5, 0.6) is 0 Å². The van der Waals surface area contributed by atoms with Gasteiger partial charge in [-0.3, -0.25) is 0 Å². The van der Waals surface area contributed by atoms with Gasteiger partial charge in [-0.15, -0.1) is 0 Å². The molecule has 0 bridgehead atoms. The third-order valence-electron chi connectivity index (χ3n) is 1.80. The lowest BCUT2D eigenvalue weighted by atomic mass is 10.3. The molecule has 4 nitrogen and oxygen atoms in total. The number of anilines is 1. The van der Waals surface area contributed by atoms with E-state index in [0.717, 1.165) is 10.6 Å². The van der Waals surface area contributed by atoms with E-state index in [1.165, 1.54) is 18.4 Å². The Morgan fingerprint density at radius 1 is 1.60 bits per heavy atom. The van der Waals surface area contributed by atoms with E-state index < -0.39 is 5.97 Å². The Hall–Kier alpha value is -1.40. The van der Waals surface area contributed by atoms with Crippen LogP contribution in [-0.4, -0.2) is 18.1 Å². The molecule has 0 aliphatic carbocycles. The number of ether oxygens (including phenoxy) is 1. The van der Waals surface area contributed by atoms with Gasteiger partial charge in [0.15, 0.2) is 5.69 Å². The maximum Gasteiger partial charge on any atom is 0.359 e. The van der Waals surface area contributed by atoms with Crippen LogP contribution in [0, 0.1) is 0 Å². The number of nitrogens with two attached hydrogens (primary N) is 1. The molecule has 0 fully saturated rings. The lowest BCUT2D eigenvalue weighted by Gasteiger charge is -1.93. The van der Waals surface area contributed by atoms with E-state index in [4.69, 9.17) is 5.73 Å². The average molecular weight is 240 g/mol. The summed E-state index contributed by atoms with van der Waals surface area (Å²) >= 11 is 2.86. The minimum absolute atomic E-state index is 0.198. The predicted molar refractivity (Wildman–Crippen MR) is 61.2 cm³/mol. The number of nitrogens with zero attached hydrogens (tertiary/aromatic N) is 1. The third-order valence-corrected chi connectivity index (χ3v) is 3.42. The summed E-state index contributed by atoms with van der Waals surface area (Å²) in [6.45, 7) is 0. The Kier molecular flexibility index (Phi) is 2.70. The largest absolute Gasteiger partial charge is 0.464 e. The molecule has 2 aromatic heterocycles. The third kappa shape index (κ3) is 1.86. The molecule has 0 amide bonds. The molecule has 2 N–H and O–H groups in total. The van der Waals surface area contributed by atoms with Crippen LogP contribution in [0.15, 0.2) is 16.8 Å². The van der Waals surface area contributed by atoms with Crippen LogP contribution < -0.4 is 5.73 Å². The van der Waals surface area contributed by atoms with Gasteiger partial charge in [-0.05, 0) is 11.4 Å². The maximum atomic E-state index is 11.3. The Bertz CT molecular complexity index is 476. The van der Waals surface area contributed by atoms with E-state index in [9.17, 15) is 4.79 Å². The van der Waals surface area contributed by atoms with Gasteiger partial charge < -0.3 is 10.5 Å². The number of thiazole rings is 1. The highest BCUT2D eigenvalue weighted by Crippen LogP contribution is 2.31. The number of esters is 1. The lowest BCUT2D eigenvalue weighted by Crippen LogP contribution is -2.04. The highest BCUT2D eigenvalue weighted by Gasteiger charge is 2.17. The number of hydrogen-bond acceptors (Lipinski definition) is 6. The van der Waals surface area contributed by atoms with Gasteiger partial charge in [0.1, 0.15) is 10.0 Å². The Morgan fingerprint density at radius 3 is 3.00 bits per heavy atom. The molecule has 2 rings (SSSR count). The van der Waals surface area contributed by atoms with Crippen LogP contribution >= 0.6 is 22.7 Å². The van der Waals surface area contributed by atoms with E-state index in [2.05, 4.69) is 9.72 Å². The first-order valence-corrected chi connectivity index (χ1v) is 5.85. The molecule has 2 aromatic rings. The van der Waals surface area contributed by atoms with Crippen molar-refractivity contribution in [3.05, 3.63) is 22.5 Å². The Morgan fingerprint density at radius 2 is 2.40 bits per heavy atom. The smallest absolute Gasteiger partial charge is 0.359 e. The van der Waals surface area contributed by atoms with Crippen LogP contribution in [-0.2, 0) is 4.74 Å². The molecule has 0 spiro atoms. The molecule has 2 heterocycles. The molecule has 0 saturated heterocycles. The first-order valence-electron chi connectivity index (χ1n) is 4.09. The van der Waals surface area contributed by atoms with E-state index in [1.807, 2.05) is 16.8 Å². The molecule has 78 valence electrons. The SMILES string of the molecule is COC(=O)c1nc(-c2ccsc2)sc1N. The predicted octanol–water partition coefficient (Wildman–Crippen LogP) is 2.24. The number of nitrogen functional groups attached to an aromatic ring is 1. The standard InChI is InChI=1S/C9H8N2O2S2/c1-13-9(12)6-7(10)15-8(11-6)5-2-3-14-4-5/h2-4H,10H2,1H3. The zero-order valence-electron chi connectivity index (χ0n) is 7.89. The Balaban J connectivity index is 2.41. The number of methoxy groups -OCH3 is 1. The topological polar surface area (TPSA) is 65.2 Å². The second-order valence-corrected chi connectivity index (χ2v) is 4.55. The van der Waals surface area contributed by atoms with Gasteiger partial charge in [-0.1, -0.05) is 11.3 Å². The van der Waals surface area contributed by atoms with Crippen LogP contribution in [0.25, 0.3) is 10.6 Å². The summed E-state index contributed by atoms with van der Waals surface area (Å²) in [5.74, 6) is -0.495. The molecule has 0 aromatic carbocycles. The van der Waals surface area contributed by atoms with Gasteiger partial charge in [0.25, 0.3) is 0 Å². The van der Waals surface area contributed by atoms with Crippen LogP contribution in [0.4, 0.5) is 5.00 Å². The minimum Gasteiger partial charge on any atom is -0.464 e. The second kappa shape index (κ2) is 4.00. The molecule has 0 aliphatic rings. The zero-order valence-corrected chi connectivity index (χ0v) is 9.52. The van der Waals surface area contributed by atoms with E-state index in [0.29, 0.717) is 5.00 Å². The van der Waals surface area contributed by atoms with Crippen LogP contribution in [0.3, 0.4) is 0 Å². The van der Waals surface area contributed by atoms with Crippen molar-refractivity contribution in [1.82, 2.24) is 4.98 Å². The van der Waals surface area contributed by atoms with E-state index in [-0.39, 0.29) is 5.69 Å². The summed E-state index contributed by atoms with van der Waals surface area (Å²) in [4.78, 5) is 15.4. The van der Waals surface area contributed by atoms with E-state index >= 15 is 0 Å². The van der Waals surface area contributed by atoms with Gasteiger partial charge in [-0.25, -0.2) is 9.78 Å². The van der Waals surface area contributed by atoms with Gasteiger partial charge in [0, 0.05) is 10.9 Å². The first-order chi connectivity index (χ1) is 7.22. The van der Waals surface area contributed by atoms with Crippen molar-refractivity contribution < 1.29 is 9.53 Å². The van der Waals surface area contributed by atoms with Crippen molar-refractivity contribution in [1.29, 1.82) is 0 Å². The maximum absolute atomic E-state index is 11.3. The summed E-state index contributed by atoms with van der Waals surface area (Å²) < 4.78 is 4.58. The van der Waals surface area contributed by atoms with Crippen molar-refractivity contribution in [2.45, 2.75) is 0 Å². The van der Waals surface area contributed by atoms with E-state index in [1.54, 1.807) is 11.3 Å². The van der Waals surface area contributed by atoms with Crippen molar-refractivity contribution in [3.63, 3.8) is 0 Å². The summed E-state index contributed by atoms with van der Waals surface area (Å²) in [5.41, 5.74) is 6.86. The van der Waals surface area contributed by atoms with Gasteiger partial charge in [0.2, 0.25) is 0 Å². The lowest BCUT2D eigenvalue weighted by molar-refractivity contribution is 0.0596. The molecule has 15 heavy (non-hydrogen) atoms. The number of hydrogen-bond donors (Lipinski definition) is 1. The molecule has 0 saturated carbocycles. The van der Waals surface area contributed by atoms with Gasteiger partial charge >= 0.3 is 5.97 Å². The molecular weight excluding hydrogens is 232 g/mol.